The maximum Gasteiger partial charge on any atom is 0.253 e. The average Bonchev–Trinajstić information content (AvgIpc) is 2.51. The number of pyridine rings is 1. The number of fused-ring (bicyclic) bond motifs is 2. The molecule has 0 bridgehead atoms. The topological polar surface area (TPSA) is 45.2 Å². The number of halogens is 1. The molecule has 0 aliphatic carbocycles. The summed E-state index contributed by atoms with van der Waals surface area (Å²) in [4.78, 5) is 19.1. The van der Waals surface area contributed by atoms with Crippen molar-refractivity contribution < 1.29 is 4.79 Å². The van der Waals surface area contributed by atoms with Crippen LogP contribution in [0.4, 0.5) is 0 Å². The minimum absolute atomic E-state index is 0.105. The number of nitrogens with zero attached hydrogens (tertiary/aromatic N) is 2. The van der Waals surface area contributed by atoms with Gasteiger partial charge in [0, 0.05) is 28.9 Å². The smallest absolute Gasteiger partial charge is 0.253 e. The fourth-order valence-corrected chi connectivity index (χ4v) is 2.66. The minimum Gasteiger partial charge on any atom is -0.351 e. The van der Waals surface area contributed by atoms with Crippen LogP contribution < -0.4 is 5.32 Å². The Morgan fingerprint density at radius 3 is 2.78 bits per heavy atom. The zero-order chi connectivity index (χ0) is 16.4. The normalized spacial score (nSPS) is 11.3. The fraction of sp³-hybridized carbons (Fsp3) is 0.222. The predicted octanol–water partition coefficient (Wildman–Crippen LogP) is 3.33. The van der Waals surface area contributed by atoms with Gasteiger partial charge in [0.25, 0.3) is 5.91 Å². The van der Waals surface area contributed by atoms with Crippen LogP contribution >= 0.6 is 11.6 Å². The van der Waals surface area contributed by atoms with Crippen molar-refractivity contribution in [1.29, 1.82) is 0 Å². The highest BCUT2D eigenvalue weighted by molar-refractivity contribution is 6.31. The Morgan fingerprint density at radius 1 is 1.17 bits per heavy atom. The Hall–Kier alpha value is -2.17. The number of carbonyl (C=O) groups is 1. The van der Waals surface area contributed by atoms with Gasteiger partial charge in [0.05, 0.1) is 16.6 Å². The number of likely N-dealkylation sites (N-methyl/N-ethyl adjacent to an activating group) is 1. The van der Waals surface area contributed by atoms with Gasteiger partial charge >= 0.3 is 0 Å². The maximum absolute atomic E-state index is 12.4. The number of carbonyl (C=O) groups excluding carboxylic acids is 1. The molecule has 0 saturated carbocycles. The molecular formula is C18H18ClN3O. The third-order valence-corrected chi connectivity index (χ3v) is 3.93. The summed E-state index contributed by atoms with van der Waals surface area (Å²) in [5.41, 5.74) is 2.08. The zero-order valence-corrected chi connectivity index (χ0v) is 13.9. The molecule has 23 heavy (non-hydrogen) atoms. The van der Waals surface area contributed by atoms with Crippen LogP contribution in [0.25, 0.3) is 21.8 Å². The molecule has 0 atom stereocenters. The molecule has 0 aliphatic rings. The molecule has 3 rings (SSSR count). The monoisotopic (exact) mass is 327 g/mol. The van der Waals surface area contributed by atoms with Crippen LogP contribution in [0, 0.1) is 0 Å². The highest BCUT2D eigenvalue weighted by Crippen LogP contribution is 2.24. The summed E-state index contributed by atoms with van der Waals surface area (Å²) in [5, 5.41) is 5.52. The molecule has 2 aromatic carbocycles. The number of rotatable bonds is 4. The number of amides is 1. The van der Waals surface area contributed by atoms with Crippen molar-refractivity contribution in [2.45, 2.75) is 0 Å². The Bertz CT molecular complexity index is 877. The van der Waals surface area contributed by atoms with Gasteiger partial charge in [-0.25, -0.2) is 4.98 Å². The van der Waals surface area contributed by atoms with E-state index in [9.17, 15) is 4.79 Å². The summed E-state index contributed by atoms with van der Waals surface area (Å²) in [5.74, 6) is -0.105. The van der Waals surface area contributed by atoms with Crippen LogP contribution in [-0.2, 0) is 0 Å². The van der Waals surface area contributed by atoms with Gasteiger partial charge in [0.2, 0.25) is 0 Å². The highest BCUT2D eigenvalue weighted by Gasteiger charge is 2.12. The Labute approximate surface area is 140 Å². The van der Waals surface area contributed by atoms with E-state index in [1.807, 2.05) is 55.4 Å². The number of benzene rings is 2. The van der Waals surface area contributed by atoms with E-state index >= 15 is 0 Å². The van der Waals surface area contributed by atoms with Crippen LogP contribution in [0.15, 0.2) is 42.5 Å². The summed E-state index contributed by atoms with van der Waals surface area (Å²) >= 11 is 6.05. The van der Waals surface area contributed by atoms with E-state index in [0.717, 1.165) is 22.8 Å². The van der Waals surface area contributed by atoms with Gasteiger partial charge in [-0.1, -0.05) is 29.8 Å². The maximum atomic E-state index is 12.4. The first-order valence-corrected chi connectivity index (χ1v) is 7.84. The third kappa shape index (κ3) is 3.44. The van der Waals surface area contributed by atoms with Crippen LogP contribution in [0.1, 0.15) is 10.4 Å². The van der Waals surface area contributed by atoms with Crippen molar-refractivity contribution in [2.24, 2.45) is 0 Å². The molecule has 0 fully saturated rings. The van der Waals surface area contributed by atoms with Crippen LogP contribution in [-0.4, -0.2) is 43.0 Å². The SMILES string of the molecule is CN(C)CCNC(=O)c1cccc2cc3ccc(Cl)cc3nc12. The molecule has 0 radical (unpaired) electrons. The number of hydrogen-bond acceptors (Lipinski definition) is 3. The second-order valence-corrected chi connectivity index (χ2v) is 6.20. The van der Waals surface area contributed by atoms with E-state index in [4.69, 9.17) is 11.6 Å². The molecule has 3 aromatic rings. The van der Waals surface area contributed by atoms with E-state index in [-0.39, 0.29) is 5.91 Å². The molecule has 5 heteroatoms. The molecule has 0 aliphatic heterocycles. The molecule has 1 N–H and O–H groups in total. The first kappa shape index (κ1) is 15.7. The lowest BCUT2D eigenvalue weighted by molar-refractivity contribution is 0.0952. The van der Waals surface area contributed by atoms with Gasteiger partial charge in [-0.15, -0.1) is 0 Å². The average molecular weight is 328 g/mol. The zero-order valence-electron chi connectivity index (χ0n) is 13.1. The van der Waals surface area contributed by atoms with E-state index in [1.54, 1.807) is 6.07 Å². The van der Waals surface area contributed by atoms with Gasteiger partial charge in [0.1, 0.15) is 0 Å². The van der Waals surface area contributed by atoms with E-state index in [0.29, 0.717) is 22.6 Å². The van der Waals surface area contributed by atoms with Crippen molar-refractivity contribution in [2.75, 3.05) is 27.2 Å². The van der Waals surface area contributed by atoms with E-state index in [1.165, 1.54) is 0 Å². The van der Waals surface area contributed by atoms with Crippen molar-refractivity contribution in [1.82, 2.24) is 15.2 Å². The Kier molecular flexibility index (Phi) is 4.46. The predicted molar refractivity (Wildman–Crippen MR) is 95.1 cm³/mol. The second-order valence-electron chi connectivity index (χ2n) is 5.76. The Balaban J connectivity index is 2.01. The molecular weight excluding hydrogens is 310 g/mol. The van der Waals surface area contributed by atoms with Gasteiger partial charge in [-0.2, -0.15) is 0 Å². The number of aromatic nitrogens is 1. The molecule has 0 unspecified atom stereocenters. The molecule has 1 amide bonds. The largest absolute Gasteiger partial charge is 0.351 e. The minimum atomic E-state index is -0.105. The third-order valence-electron chi connectivity index (χ3n) is 3.69. The summed E-state index contributed by atoms with van der Waals surface area (Å²) in [7, 11) is 3.95. The van der Waals surface area contributed by atoms with Crippen LogP contribution in [0.5, 0.6) is 0 Å². The molecule has 0 saturated heterocycles. The highest BCUT2D eigenvalue weighted by atomic mass is 35.5. The van der Waals surface area contributed by atoms with Gasteiger partial charge < -0.3 is 10.2 Å². The number of nitrogens with one attached hydrogen (secondary N) is 1. The van der Waals surface area contributed by atoms with E-state index < -0.39 is 0 Å². The van der Waals surface area contributed by atoms with Gasteiger partial charge in [-0.3, -0.25) is 4.79 Å². The quantitative estimate of drug-likeness (QED) is 0.748. The summed E-state index contributed by atoms with van der Waals surface area (Å²) in [6.07, 6.45) is 0. The molecule has 1 heterocycles. The molecule has 0 spiro atoms. The summed E-state index contributed by atoms with van der Waals surface area (Å²) in [6, 6.07) is 13.3. The second kappa shape index (κ2) is 6.52. The van der Waals surface area contributed by atoms with Gasteiger partial charge in [-0.05, 0) is 38.4 Å². The van der Waals surface area contributed by atoms with Crippen molar-refractivity contribution in [3.05, 3.63) is 53.1 Å². The summed E-state index contributed by atoms with van der Waals surface area (Å²) in [6.45, 7) is 1.39. The standard InChI is InChI=1S/C18H18ClN3O/c1-22(2)9-8-20-18(23)15-5-3-4-13-10-12-6-7-14(19)11-16(12)21-17(13)15/h3-7,10-11H,8-9H2,1-2H3,(H,20,23). The fourth-order valence-electron chi connectivity index (χ4n) is 2.50. The molecule has 4 nitrogen and oxygen atoms in total. The van der Waals surface area contributed by atoms with Crippen molar-refractivity contribution >= 4 is 39.3 Å². The van der Waals surface area contributed by atoms with Crippen LogP contribution in [0.2, 0.25) is 5.02 Å². The van der Waals surface area contributed by atoms with Crippen molar-refractivity contribution in [3.63, 3.8) is 0 Å². The number of para-hydroxylation sites is 1. The lowest BCUT2D eigenvalue weighted by atomic mass is 10.1. The van der Waals surface area contributed by atoms with Crippen LogP contribution in [0.3, 0.4) is 0 Å². The number of hydrogen-bond donors (Lipinski definition) is 1. The molecule has 118 valence electrons. The van der Waals surface area contributed by atoms with Crippen molar-refractivity contribution in [3.8, 4) is 0 Å². The Morgan fingerprint density at radius 2 is 2.00 bits per heavy atom. The molecule has 1 aromatic heterocycles. The summed E-state index contributed by atoms with van der Waals surface area (Å²) < 4.78 is 0. The lowest BCUT2D eigenvalue weighted by Crippen LogP contribution is -2.31. The first-order chi connectivity index (χ1) is 11.0. The van der Waals surface area contributed by atoms with Gasteiger partial charge in [0.15, 0.2) is 0 Å². The first-order valence-electron chi connectivity index (χ1n) is 7.46. The van der Waals surface area contributed by atoms with E-state index in [2.05, 4.69) is 10.3 Å². The lowest BCUT2D eigenvalue weighted by Gasteiger charge is -2.11.